The second-order valence-electron chi connectivity index (χ2n) is 33.4. The van der Waals surface area contributed by atoms with Crippen molar-refractivity contribution in [3.63, 3.8) is 0 Å². The minimum absolute atomic E-state index is 0.00275. The van der Waals surface area contributed by atoms with Crippen molar-refractivity contribution in [1.82, 2.24) is 0 Å². The van der Waals surface area contributed by atoms with E-state index in [9.17, 15) is 28.8 Å². The SMILES string of the molecule is CCC(C)(C)C(=O)OC1CC2CC(C(=O)OC3(C)C4CC5CC(C4)CC3C5)C1C2.CCC(C)(C)C(=O)OC1CC2CC(C(=O)OC3(C)CCCCC3)C1C2.CCC(C)(C)C(=O)OC1CC2CC(C(=O)OC3(CC)C4CC5CC(C4)CC3C5)C1C2. The van der Waals surface area contributed by atoms with Crippen molar-refractivity contribution in [3.8, 4) is 0 Å². The Kier molecular flexibility index (Phi) is 17.6. The molecular weight excluding hydrogens is 1060 g/mol. The molecule has 12 unspecified atom stereocenters. The van der Waals surface area contributed by atoms with Gasteiger partial charge in [0.05, 0.1) is 34.0 Å². The van der Waals surface area contributed by atoms with Crippen LogP contribution < -0.4 is 0 Å². The van der Waals surface area contributed by atoms with Crippen LogP contribution in [0.15, 0.2) is 0 Å². The van der Waals surface area contributed by atoms with Crippen LogP contribution in [0.4, 0.5) is 0 Å². The van der Waals surface area contributed by atoms with E-state index in [1.807, 2.05) is 62.3 Å². The number of carbonyl (C=O) groups is 6. The molecule has 84 heavy (non-hydrogen) atoms. The molecule has 15 fully saturated rings. The van der Waals surface area contributed by atoms with Gasteiger partial charge in [-0.2, -0.15) is 0 Å². The van der Waals surface area contributed by atoms with Crippen molar-refractivity contribution in [2.24, 2.45) is 117 Å². The minimum Gasteiger partial charge on any atom is -0.462 e. The van der Waals surface area contributed by atoms with Crippen molar-refractivity contribution in [2.45, 2.75) is 298 Å². The summed E-state index contributed by atoms with van der Waals surface area (Å²) in [5, 5.41) is 0. The van der Waals surface area contributed by atoms with Crippen molar-refractivity contribution in [3.05, 3.63) is 0 Å². The predicted molar refractivity (Wildman–Crippen MR) is 320 cm³/mol. The van der Waals surface area contributed by atoms with Gasteiger partial charge in [-0.1, -0.05) is 34.1 Å². The van der Waals surface area contributed by atoms with E-state index in [0.717, 1.165) is 133 Å². The molecule has 15 aliphatic carbocycles. The Morgan fingerprint density at radius 2 is 0.679 bits per heavy atom. The molecule has 0 spiro atoms. The number of carbonyl (C=O) groups excluding carboxylic acids is 6. The van der Waals surface area contributed by atoms with Crippen molar-refractivity contribution in [2.75, 3.05) is 0 Å². The molecule has 15 rings (SSSR count). The molecule has 0 radical (unpaired) electrons. The van der Waals surface area contributed by atoms with Gasteiger partial charge in [-0.05, 0) is 294 Å². The third kappa shape index (κ3) is 12.0. The maximum atomic E-state index is 13.5. The summed E-state index contributed by atoms with van der Waals surface area (Å²) < 4.78 is 36.7. The second-order valence-corrected chi connectivity index (χ2v) is 33.4. The molecule has 0 aromatic carbocycles. The van der Waals surface area contributed by atoms with Gasteiger partial charge in [0.2, 0.25) is 0 Å². The summed E-state index contributed by atoms with van der Waals surface area (Å²) in [6, 6.07) is 0. The molecule has 0 heterocycles. The Morgan fingerprint density at radius 1 is 0.369 bits per heavy atom. The van der Waals surface area contributed by atoms with Gasteiger partial charge in [-0.3, -0.25) is 28.8 Å². The summed E-state index contributed by atoms with van der Waals surface area (Å²) in [6.07, 6.45) is 29.8. The Balaban J connectivity index is 0.000000132. The first-order valence-electron chi connectivity index (χ1n) is 35.0. The van der Waals surface area contributed by atoms with Crippen molar-refractivity contribution in [1.29, 1.82) is 0 Å². The lowest BCUT2D eigenvalue weighted by Gasteiger charge is -2.60. The van der Waals surface area contributed by atoms with Gasteiger partial charge in [-0.25, -0.2) is 0 Å². The Bertz CT molecular complexity index is 2390. The van der Waals surface area contributed by atoms with Gasteiger partial charge >= 0.3 is 35.8 Å². The number of hydrogen-bond acceptors (Lipinski definition) is 12. The van der Waals surface area contributed by atoms with Crippen LogP contribution in [0.25, 0.3) is 0 Å². The largest absolute Gasteiger partial charge is 0.462 e. The fraction of sp³-hybridized carbons (Fsp3) is 0.917. The first-order valence-corrected chi connectivity index (χ1v) is 35.0. The van der Waals surface area contributed by atoms with E-state index < -0.39 is 16.2 Å². The molecule has 14 bridgehead atoms. The molecule has 0 aliphatic heterocycles. The third-order valence-corrected chi connectivity index (χ3v) is 27.0. The summed E-state index contributed by atoms with van der Waals surface area (Å²) in [4.78, 5) is 77.4. The minimum atomic E-state index is -0.454. The molecule has 0 aromatic heterocycles. The Morgan fingerprint density at radius 3 is 1.00 bits per heavy atom. The van der Waals surface area contributed by atoms with E-state index in [0.29, 0.717) is 41.4 Å². The Labute approximate surface area is 505 Å². The smallest absolute Gasteiger partial charge is 0.311 e. The highest BCUT2D eigenvalue weighted by Gasteiger charge is 2.62. The molecule has 0 saturated heterocycles. The fourth-order valence-electron chi connectivity index (χ4n) is 20.8. The van der Waals surface area contributed by atoms with E-state index in [1.165, 1.54) is 70.6 Å². The molecule has 12 atom stereocenters. The summed E-state index contributed by atoms with van der Waals surface area (Å²) >= 11 is 0. The van der Waals surface area contributed by atoms with Crippen LogP contribution in [0, 0.1) is 117 Å². The van der Waals surface area contributed by atoms with Crippen molar-refractivity contribution < 1.29 is 57.2 Å². The van der Waals surface area contributed by atoms with E-state index in [1.54, 1.807) is 0 Å². The third-order valence-electron chi connectivity index (χ3n) is 27.0. The zero-order valence-corrected chi connectivity index (χ0v) is 54.2. The monoisotopic (exact) mass is 1170 g/mol. The summed E-state index contributed by atoms with van der Waals surface area (Å²) in [5.74, 6) is 7.11. The zero-order chi connectivity index (χ0) is 60.1. The van der Waals surface area contributed by atoms with E-state index in [2.05, 4.69) is 20.8 Å². The fourth-order valence-corrected chi connectivity index (χ4v) is 20.8. The van der Waals surface area contributed by atoms with Crippen LogP contribution in [0.5, 0.6) is 0 Å². The normalized spacial score (nSPS) is 43.0. The molecule has 12 nitrogen and oxygen atoms in total. The van der Waals surface area contributed by atoms with Crippen molar-refractivity contribution >= 4 is 35.8 Å². The Hall–Kier alpha value is -3.18. The number of ether oxygens (including phenoxy) is 6. The van der Waals surface area contributed by atoms with Crippen LogP contribution >= 0.6 is 0 Å². The topological polar surface area (TPSA) is 158 Å². The standard InChI is InChI=1S/C26H40O4.C25H38O4.C21H34O4/c1-5-25(3,4)24(28)29-22-14-17-12-20(22)21(13-17)23(27)30-26(6-2)18-8-15-7-16(10-18)11-19(26)9-15;1-5-24(2,3)23(27)28-21-13-16-11-19(21)20(12-16)22(26)29-25(4)17-7-14-6-15(9-17)10-18(25)8-14;1-5-20(2,3)19(23)24-17-13-14-11-15(17)16(12-14)18(22)25-21(4)9-7-6-8-10-21/h15-22H,5-14H2,1-4H3;14-21H,5-13H2,1-4H3;14-17H,5-13H2,1-4H3. The molecule has 0 N–H and O–H groups in total. The molecule has 0 amide bonds. The summed E-state index contributed by atoms with van der Waals surface area (Å²) in [5.41, 5.74) is -2.12. The van der Waals surface area contributed by atoms with Crippen LogP contribution in [-0.2, 0) is 57.2 Å². The van der Waals surface area contributed by atoms with Crippen LogP contribution in [0.1, 0.15) is 263 Å². The molecule has 12 heteroatoms. The average Bonchev–Trinajstić information content (AvgIpc) is 1.50. The van der Waals surface area contributed by atoms with Gasteiger partial charge in [-0.15, -0.1) is 0 Å². The highest BCUT2D eigenvalue weighted by Crippen LogP contribution is 2.63. The number of hydrogen-bond donors (Lipinski definition) is 0. The number of esters is 6. The molecular formula is C72H112O12. The molecule has 472 valence electrons. The first-order chi connectivity index (χ1) is 39.7. The average molecular weight is 1170 g/mol. The van der Waals surface area contributed by atoms with Gasteiger partial charge < -0.3 is 28.4 Å². The predicted octanol–water partition coefficient (Wildman–Crippen LogP) is 15.3. The first kappa shape index (κ1) is 62.4. The zero-order valence-electron chi connectivity index (χ0n) is 54.2. The lowest BCUT2D eigenvalue weighted by Crippen LogP contribution is -2.60. The van der Waals surface area contributed by atoms with Gasteiger partial charge in [0.15, 0.2) is 0 Å². The lowest BCUT2D eigenvalue weighted by atomic mass is 9.49. The van der Waals surface area contributed by atoms with Crippen LogP contribution in [0.3, 0.4) is 0 Å². The van der Waals surface area contributed by atoms with Crippen LogP contribution in [0.2, 0.25) is 0 Å². The molecule has 15 saturated carbocycles. The highest BCUT2D eigenvalue weighted by molar-refractivity contribution is 5.79. The molecule has 15 aliphatic rings. The maximum Gasteiger partial charge on any atom is 0.311 e. The summed E-state index contributed by atoms with van der Waals surface area (Å²) in [7, 11) is 0. The summed E-state index contributed by atoms with van der Waals surface area (Å²) in [6.45, 7) is 24.2. The van der Waals surface area contributed by atoms with Gasteiger partial charge in [0.25, 0.3) is 0 Å². The second kappa shape index (κ2) is 23.6. The number of fused-ring (bicyclic) bond motifs is 6. The van der Waals surface area contributed by atoms with Crippen LogP contribution in [-0.4, -0.2) is 70.9 Å². The van der Waals surface area contributed by atoms with Gasteiger partial charge in [0, 0.05) is 17.8 Å². The lowest BCUT2D eigenvalue weighted by molar-refractivity contribution is -0.217. The van der Waals surface area contributed by atoms with E-state index in [-0.39, 0.29) is 106 Å². The highest BCUT2D eigenvalue weighted by atomic mass is 16.6. The number of rotatable bonds is 16. The van der Waals surface area contributed by atoms with Gasteiger partial charge in [0.1, 0.15) is 35.1 Å². The quantitative estimate of drug-likeness (QED) is 0.107. The molecule has 0 aromatic rings. The maximum absolute atomic E-state index is 13.5. The van der Waals surface area contributed by atoms with E-state index >= 15 is 0 Å². The van der Waals surface area contributed by atoms with E-state index in [4.69, 9.17) is 28.4 Å².